The largest absolute Gasteiger partial charge is 0.473 e. The molecule has 0 saturated carbocycles. The standard InChI is InChI=1S/C17H24N2O3/c1-12-13(2)19(8-10-20-3)16-15(12)6-7-18-17(16)22-11-14-5-4-9-21-14/h6-7,14H,4-5,8-11H2,1-3H3. The lowest BCUT2D eigenvalue weighted by atomic mass is 10.2. The Kier molecular flexibility index (Phi) is 4.64. The first kappa shape index (κ1) is 15.3. The molecule has 0 radical (unpaired) electrons. The predicted octanol–water partition coefficient (Wildman–Crippen LogP) is 2.86. The summed E-state index contributed by atoms with van der Waals surface area (Å²) in [6, 6.07) is 2.06. The van der Waals surface area contributed by atoms with E-state index in [0.717, 1.165) is 31.5 Å². The fraction of sp³-hybridized carbons (Fsp3) is 0.588. The maximum atomic E-state index is 5.99. The van der Waals surface area contributed by atoms with Crippen molar-refractivity contribution in [2.45, 2.75) is 39.3 Å². The lowest BCUT2D eigenvalue weighted by Crippen LogP contribution is -2.17. The molecule has 1 fully saturated rings. The molecule has 22 heavy (non-hydrogen) atoms. The van der Waals surface area contributed by atoms with Gasteiger partial charge in [0.2, 0.25) is 5.88 Å². The van der Waals surface area contributed by atoms with Gasteiger partial charge >= 0.3 is 0 Å². The van der Waals surface area contributed by atoms with Crippen molar-refractivity contribution in [2.24, 2.45) is 0 Å². The van der Waals surface area contributed by atoms with E-state index in [4.69, 9.17) is 14.2 Å². The molecule has 0 amide bonds. The minimum atomic E-state index is 0.196. The van der Waals surface area contributed by atoms with Gasteiger partial charge in [0.1, 0.15) is 12.1 Å². The smallest absolute Gasteiger partial charge is 0.238 e. The zero-order valence-corrected chi connectivity index (χ0v) is 13.6. The second-order valence-electron chi connectivity index (χ2n) is 5.81. The molecule has 5 nitrogen and oxygen atoms in total. The molecule has 0 spiro atoms. The molecule has 2 aromatic rings. The molecule has 3 heterocycles. The number of ether oxygens (including phenoxy) is 3. The molecule has 0 aromatic carbocycles. The average molecular weight is 304 g/mol. The molecule has 1 aliphatic heterocycles. The first-order chi connectivity index (χ1) is 10.7. The van der Waals surface area contributed by atoms with Gasteiger partial charge in [-0.1, -0.05) is 0 Å². The van der Waals surface area contributed by atoms with E-state index in [-0.39, 0.29) is 6.10 Å². The van der Waals surface area contributed by atoms with Crippen LogP contribution in [0.1, 0.15) is 24.1 Å². The van der Waals surface area contributed by atoms with Gasteiger partial charge in [0.05, 0.1) is 12.7 Å². The summed E-state index contributed by atoms with van der Waals surface area (Å²) < 4.78 is 19.1. The van der Waals surface area contributed by atoms with Crippen LogP contribution in [0.3, 0.4) is 0 Å². The number of aryl methyl sites for hydroxylation is 1. The zero-order valence-electron chi connectivity index (χ0n) is 13.6. The van der Waals surface area contributed by atoms with Gasteiger partial charge in [-0.05, 0) is 38.3 Å². The van der Waals surface area contributed by atoms with Crippen LogP contribution < -0.4 is 4.74 Å². The van der Waals surface area contributed by atoms with Crippen LogP contribution in [0.25, 0.3) is 10.9 Å². The number of hydrogen-bond acceptors (Lipinski definition) is 4. The van der Waals surface area contributed by atoms with E-state index in [0.29, 0.717) is 19.1 Å². The van der Waals surface area contributed by atoms with Gasteiger partial charge in [0.25, 0.3) is 0 Å². The number of nitrogens with zero attached hydrogens (tertiary/aromatic N) is 2. The Bertz CT molecular complexity index is 645. The van der Waals surface area contributed by atoms with Gasteiger partial charge < -0.3 is 18.8 Å². The van der Waals surface area contributed by atoms with Crippen molar-refractivity contribution < 1.29 is 14.2 Å². The van der Waals surface area contributed by atoms with Crippen molar-refractivity contribution in [1.82, 2.24) is 9.55 Å². The topological polar surface area (TPSA) is 45.5 Å². The van der Waals surface area contributed by atoms with E-state index in [1.165, 1.54) is 16.6 Å². The van der Waals surface area contributed by atoms with E-state index in [1.54, 1.807) is 7.11 Å². The van der Waals surface area contributed by atoms with Crippen molar-refractivity contribution in [3.8, 4) is 5.88 Å². The molecule has 0 aliphatic carbocycles. The molecule has 120 valence electrons. The quantitative estimate of drug-likeness (QED) is 0.823. The maximum absolute atomic E-state index is 5.99. The molecule has 0 N–H and O–H groups in total. The van der Waals surface area contributed by atoms with Crippen LogP contribution in [0.5, 0.6) is 5.88 Å². The number of methoxy groups -OCH3 is 1. The fourth-order valence-corrected chi connectivity index (χ4v) is 3.08. The Hall–Kier alpha value is -1.59. The van der Waals surface area contributed by atoms with Crippen molar-refractivity contribution in [2.75, 3.05) is 26.9 Å². The van der Waals surface area contributed by atoms with Crippen LogP contribution >= 0.6 is 0 Å². The minimum Gasteiger partial charge on any atom is -0.473 e. The number of pyridine rings is 1. The summed E-state index contributed by atoms with van der Waals surface area (Å²) in [5.74, 6) is 0.695. The third-order valence-electron chi connectivity index (χ3n) is 4.46. The molecule has 1 atom stereocenters. The first-order valence-corrected chi connectivity index (χ1v) is 7.90. The summed E-state index contributed by atoms with van der Waals surface area (Å²) in [5, 5.41) is 1.20. The van der Waals surface area contributed by atoms with Crippen LogP contribution in [-0.2, 0) is 16.0 Å². The van der Waals surface area contributed by atoms with Gasteiger partial charge in [-0.3, -0.25) is 0 Å². The number of fused-ring (bicyclic) bond motifs is 1. The number of aromatic nitrogens is 2. The molecule has 1 saturated heterocycles. The van der Waals surface area contributed by atoms with E-state index in [1.807, 2.05) is 6.20 Å². The van der Waals surface area contributed by atoms with Crippen LogP contribution in [0, 0.1) is 13.8 Å². The lowest BCUT2D eigenvalue weighted by Gasteiger charge is -2.13. The van der Waals surface area contributed by atoms with Crippen LogP contribution in [0.15, 0.2) is 12.3 Å². The number of rotatable bonds is 6. The molecule has 3 rings (SSSR count). The molecular formula is C17H24N2O3. The van der Waals surface area contributed by atoms with Gasteiger partial charge in [0.15, 0.2) is 0 Å². The third kappa shape index (κ3) is 2.83. The van der Waals surface area contributed by atoms with Crippen molar-refractivity contribution in [3.63, 3.8) is 0 Å². The second kappa shape index (κ2) is 6.67. The summed E-state index contributed by atoms with van der Waals surface area (Å²) in [6.45, 7) is 7.16. The molecule has 5 heteroatoms. The Morgan fingerprint density at radius 2 is 2.27 bits per heavy atom. The van der Waals surface area contributed by atoms with Gasteiger partial charge in [-0.2, -0.15) is 0 Å². The van der Waals surface area contributed by atoms with Crippen LogP contribution in [0.2, 0.25) is 0 Å². The first-order valence-electron chi connectivity index (χ1n) is 7.90. The minimum absolute atomic E-state index is 0.196. The highest BCUT2D eigenvalue weighted by Crippen LogP contribution is 2.31. The Balaban J connectivity index is 1.92. The van der Waals surface area contributed by atoms with Crippen LogP contribution in [-0.4, -0.2) is 42.6 Å². The Labute approximate surface area is 131 Å². The van der Waals surface area contributed by atoms with Crippen molar-refractivity contribution >= 4 is 10.9 Å². The molecule has 1 unspecified atom stereocenters. The van der Waals surface area contributed by atoms with Crippen molar-refractivity contribution in [3.05, 3.63) is 23.5 Å². The van der Waals surface area contributed by atoms with Crippen molar-refractivity contribution in [1.29, 1.82) is 0 Å². The second-order valence-corrected chi connectivity index (χ2v) is 5.81. The summed E-state index contributed by atoms with van der Waals surface area (Å²) in [6.07, 6.45) is 4.20. The summed E-state index contributed by atoms with van der Waals surface area (Å²) in [7, 11) is 1.72. The Morgan fingerprint density at radius 3 is 3.00 bits per heavy atom. The highest BCUT2D eigenvalue weighted by molar-refractivity contribution is 5.88. The maximum Gasteiger partial charge on any atom is 0.238 e. The average Bonchev–Trinajstić information content (AvgIpc) is 3.13. The molecule has 0 bridgehead atoms. The lowest BCUT2D eigenvalue weighted by molar-refractivity contribution is 0.0667. The normalized spacial score (nSPS) is 18.2. The SMILES string of the molecule is COCCn1c(C)c(C)c2ccnc(OCC3CCCO3)c21. The summed E-state index contributed by atoms with van der Waals surface area (Å²) in [5.41, 5.74) is 3.57. The Morgan fingerprint density at radius 1 is 1.41 bits per heavy atom. The molecular weight excluding hydrogens is 280 g/mol. The summed E-state index contributed by atoms with van der Waals surface area (Å²) in [4.78, 5) is 4.45. The highest BCUT2D eigenvalue weighted by atomic mass is 16.5. The van der Waals surface area contributed by atoms with E-state index in [2.05, 4.69) is 29.5 Å². The van der Waals surface area contributed by atoms with Gasteiger partial charge in [0, 0.05) is 37.5 Å². The van der Waals surface area contributed by atoms with E-state index in [9.17, 15) is 0 Å². The van der Waals surface area contributed by atoms with E-state index >= 15 is 0 Å². The summed E-state index contributed by atoms with van der Waals surface area (Å²) >= 11 is 0. The van der Waals surface area contributed by atoms with Gasteiger partial charge in [-0.15, -0.1) is 0 Å². The fourth-order valence-electron chi connectivity index (χ4n) is 3.08. The third-order valence-corrected chi connectivity index (χ3v) is 4.46. The monoisotopic (exact) mass is 304 g/mol. The van der Waals surface area contributed by atoms with Gasteiger partial charge in [-0.25, -0.2) is 4.98 Å². The zero-order chi connectivity index (χ0) is 15.5. The predicted molar refractivity (Wildman–Crippen MR) is 85.6 cm³/mol. The van der Waals surface area contributed by atoms with E-state index < -0.39 is 0 Å². The number of hydrogen-bond donors (Lipinski definition) is 0. The highest BCUT2D eigenvalue weighted by Gasteiger charge is 2.19. The van der Waals surface area contributed by atoms with Crippen LogP contribution in [0.4, 0.5) is 0 Å². The molecule has 1 aliphatic rings. The molecule has 2 aromatic heterocycles.